The topological polar surface area (TPSA) is 87.7 Å². The Bertz CT molecular complexity index is 1480. The second kappa shape index (κ2) is 19.4. The van der Waals surface area contributed by atoms with E-state index in [-0.39, 0.29) is 11.8 Å². The maximum absolute atomic E-state index is 13.8. The minimum Gasteiger partial charge on any atom is -0.496 e. The van der Waals surface area contributed by atoms with Crippen LogP contribution in [0, 0.1) is 5.92 Å². The number of carbonyl (C=O) groups is 3. The van der Waals surface area contributed by atoms with Gasteiger partial charge in [-0.2, -0.15) is 0 Å². The highest BCUT2D eigenvalue weighted by molar-refractivity contribution is 6.04. The lowest BCUT2D eigenvalue weighted by Gasteiger charge is -2.36. The molecule has 1 aliphatic carbocycles. The van der Waals surface area contributed by atoms with E-state index in [9.17, 15) is 14.4 Å². The first-order valence-corrected chi connectivity index (χ1v) is 17.4. The van der Waals surface area contributed by atoms with Gasteiger partial charge in [-0.05, 0) is 93.0 Å². The summed E-state index contributed by atoms with van der Waals surface area (Å²) in [5.41, 5.74) is 4.57. The molecule has 1 fully saturated rings. The SMILES string of the molecule is CCCCc1ccc(C(=O)NC2(C(=O)Nc3ccc(/C=C/C=O)cc3)CCCCC2)cc1N(C)CCO/C(C)=C/C=C\C=C(/C)C(C)C. The summed E-state index contributed by atoms with van der Waals surface area (Å²) in [6.07, 6.45) is 19.0. The van der Waals surface area contributed by atoms with Gasteiger partial charge in [-0.15, -0.1) is 0 Å². The fraction of sp³-hybridized carbons (Fsp3) is 0.439. The van der Waals surface area contributed by atoms with E-state index in [1.807, 2.05) is 74.7 Å². The number of carbonyl (C=O) groups excluding carboxylic acids is 3. The predicted molar refractivity (Wildman–Crippen MR) is 199 cm³/mol. The number of likely N-dealkylation sites (N-methyl/N-ethyl adjacent to an activating group) is 1. The number of aldehydes is 1. The first-order valence-electron chi connectivity index (χ1n) is 17.4. The molecule has 1 aliphatic rings. The number of nitrogens with one attached hydrogen (secondary N) is 2. The van der Waals surface area contributed by atoms with Crippen LogP contribution in [0.25, 0.3) is 6.08 Å². The maximum Gasteiger partial charge on any atom is 0.252 e. The molecule has 2 N–H and O–H groups in total. The highest BCUT2D eigenvalue weighted by atomic mass is 16.5. The second-order valence-corrected chi connectivity index (χ2v) is 13.1. The molecule has 2 aromatic rings. The smallest absolute Gasteiger partial charge is 0.252 e. The Hall–Kier alpha value is -4.39. The van der Waals surface area contributed by atoms with E-state index in [1.54, 1.807) is 6.08 Å². The number of unbranched alkanes of at least 4 members (excludes halogenated alkanes) is 1. The van der Waals surface area contributed by atoms with Crippen LogP contribution in [-0.2, 0) is 20.7 Å². The molecule has 0 radical (unpaired) electrons. The highest BCUT2D eigenvalue weighted by Gasteiger charge is 2.41. The summed E-state index contributed by atoms with van der Waals surface area (Å²) in [6, 6.07) is 13.2. The van der Waals surface area contributed by atoms with Crippen molar-refractivity contribution in [1.82, 2.24) is 5.32 Å². The number of rotatable bonds is 17. The van der Waals surface area contributed by atoms with E-state index in [0.29, 0.717) is 43.2 Å². The molecule has 7 heteroatoms. The van der Waals surface area contributed by atoms with Crippen LogP contribution < -0.4 is 15.5 Å². The molecule has 3 rings (SSSR count). The number of hydrogen-bond acceptors (Lipinski definition) is 5. The van der Waals surface area contributed by atoms with Gasteiger partial charge in [0.15, 0.2) is 0 Å². The average molecular weight is 654 g/mol. The summed E-state index contributed by atoms with van der Waals surface area (Å²) >= 11 is 0. The van der Waals surface area contributed by atoms with Crippen molar-refractivity contribution in [3.05, 3.63) is 101 Å². The van der Waals surface area contributed by atoms with Crippen molar-refractivity contribution in [2.24, 2.45) is 5.92 Å². The van der Waals surface area contributed by atoms with Crippen molar-refractivity contribution in [3.8, 4) is 0 Å². The average Bonchev–Trinajstić information content (AvgIpc) is 3.08. The summed E-state index contributed by atoms with van der Waals surface area (Å²) in [4.78, 5) is 40.4. The Labute approximate surface area is 288 Å². The normalized spacial score (nSPS) is 15.1. The number of allylic oxidation sites excluding steroid dienone is 7. The van der Waals surface area contributed by atoms with Crippen LogP contribution in [0.4, 0.5) is 11.4 Å². The Balaban J connectivity index is 1.73. The number of aryl methyl sites for hydroxylation is 1. The van der Waals surface area contributed by atoms with Gasteiger partial charge in [0.25, 0.3) is 5.91 Å². The molecule has 0 aliphatic heterocycles. The third-order valence-corrected chi connectivity index (χ3v) is 9.06. The third kappa shape index (κ3) is 11.7. The van der Waals surface area contributed by atoms with Crippen molar-refractivity contribution in [2.45, 2.75) is 91.5 Å². The molecule has 0 heterocycles. The number of nitrogens with zero attached hydrogens (tertiary/aromatic N) is 1. The van der Waals surface area contributed by atoms with Gasteiger partial charge in [-0.1, -0.05) is 94.5 Å². The summed E-state index contributed by atoms with van der Waals surface area (Å²) < 4.78 is 6.01. The number of ether oxygens (including phenoxy) is 1. The van der Waals surface area contributed by atoms with Crippen LogP contribution in [0.3, 0.4) is 0 Å². The zero-order valence-electron chi connectivity index (χ0n) is 29.8. The molecule has 48 heavy (non-hydrogen) atoms. The van der Waals surface area contributed by atoms with Crippen LogP contribution >= 0.6 is 0 Å². The molecule has 0 bridgehead atoms. The fourth-order valence-electron chi connectivity index (χ4n) is 5.67. The summed E-state index contributed by atoms with van der Waals surface area (Å²) in [7, 11) is 2.03. The Kier molecular flexibility index (Phi) is 15.4. The number of hydrogen-bond donors (Lipinski definition) is 2. The molecule has 0 spiro atoms. The molecule has 0 atom stereocenters. The van der Waals surface area contributed by atoms with E-state index in [0.717, 1.165) is 61.8 Å². The number of benzene rings is 2. The standard InChI is InChI=1S/C41H55N3O4/c1-7-8-18-35-21-22-36(30-38(35)44(6)27-29-48-33(5)16-11-10-15-32(4)31(2)3)39(46)43-41(25-12-9-13-26-41)40(47)42-37-23-19-34(20-24-37)17-14-28-45/h10-11,14-17,19-24,28,30-31H,7-9,12-13,18,25-27,29H2,1-6H3,(H,42,47)(H,43,46)/b11-10-,17-14+,32-15+,33-16+. The minimum absolute atomic E-state index is 0.204. The molecule has 7 nitrogen and oxygen atoms in total. The second-order valence-electron chi connectivity index (χ2n) is 13.1. The molecular weight excluding hydrogens is 598 g/mol. The molecule has 0 unspecified atom stereocenters. The van der Waals surface area contributed by atoms with E-state index in [1.165, 1.54) is 17.2 Å². The van der Waals surface area contributed by atoms with Crippen molar-refractivity contribution in [1.29, 1.82) is 0 Å². The van der Waals surface area contributed by atoms with Crippen molar-refractivity contribution in [3.63, 3.8) is 0 Å². The van der Waals surface area contributed by atoms with Gasteiger partial charge in [0.2, 0.25) is 5.91 Å². The molecule has 2 aromatic carbocycles. The molecular formula is C41H55N3O4. The monoisotopic (exact) mass is 653 g/mol. The van der Waals surface area contributed by atoms with Crippen LogP contribution in [0.15, 0.2) is 84.2 Å². The fourth-order valence-corrected chi connectivity index (χ4v) is 5.67. The van der Waals surface area contributed by atoms with E-state index in [4.69, 9.17) is 4.74 Å². The summed E-state index contributed by atoms with van der Waals surface area (Å²) in [6.45, 7) is 11.8. The van der Waals surface area contributed by atoms with Gasteiger partial charge in [-0.25, -0.2) is 0 Å². The lowest BCUT2D eigenvalue weighted by atomic mass is 9.80. The van der Waals surface area contributed by atoms with Crippen molar-refractivity contribution < 1.29 is 19.1 Å². The molecule has 1 saturated carbocycles. The molecule has 258 valence electrons. The Morgan fingerprint density at radius 3 is 2.35 bits per heavy atom. The van der Waals surface area contributed by atoms with Crippen LogP contribution in [0.2, 0.25) is 0 Å². The summed E-state index contributed by atoms with van der Waals surface area (Å²) in [5, 5.41) is 6.20. The van der Waals surface area contributed by atoms with Crippen molar-refractivity contribution >= 4 is 35.6 Å². The highest BCUT2D eigenvalue weighted by Crippen LogP contribution is 2.31. The van der Waals surface area contributed by atoms with Crippen LogP contribution in [-0.4, -0.2) is 43.8 Å². The number of anilines is 2. The minimum atomic E-state index is -0.992. The van der Waals surface area contributed by atoms with Crippen LogP contribution in [0.1, 0.15) is 101 Å². The molecule has 2 amide bonds. The largest absolute Gasteiger partial charge is 0.496 e. The molecule has 0 aromatic heterocycles. The quantitative estimate of drug-likeness (QED) is 0.0771. The third-order valence-electron chi connectivity index (χ3n) is 9.06. The molecule has 0 saturated heterocycles. The Morgan fingerprint density at radius 2 is 1.69 bits per heavy atom. The van der Waals surface area contributed by atoms with E-state index >= 15 is 0 Å². The zero-order valence-corrected chi connectivity index (χ0v) is 29.8. The summed E-state index contributed by atoms with van der Waals surface area (Å²) in [5.74, 6) is 0.919. The van der Waals surface area contributed by atoms with Gasteiger partial charge in [0.1, 0.15) is 18.4 Å². The van der Waals surface area contributed by atoms with Crippen LogP contribution in [0.5, 0.6) is 0 Å². The first kappa shape index (κ1) is 38.1. The Morgan fingerprint density at radius 1 is 0.979 bits per heavy atom. The van der Waals surface area contributed by atoms with Gasteiger partial charge >= 0.3 is 0 Å². The van der Waals surface area contributed by atoms with Gasteiger partial charge in [0, 0.05) is 24.0 Å². The predicted octanol–water partition coefficient (Wildman–Crippen LogP) is 8.83. The van der Waals surface area contributed by atoms with Gasteiger partial charge < -0.3 is 20.3 Å². The van der Waals surface area contributed by atoms with Gasteiger partial charge in [-0.3, -0.25) is 14.4 Å². The first-order chi connectivity index (χ1) is 23.1. The lowest BCUT2D eigenvalue weighted by Crippen LogP contribution is -2.57. The lowest BCUT2D eigenvalue weighted by molar-refractivity contribution is -0.123. The van der Waals surface area contributed by atoms with E-state index in [2.05, 4.69) is 49.3 Å². The van der Waals surface area contributed by atoms with Gasteiger partial charge in [0.05, 0.1) is 12.3 Å². The van der Waals surface area contributed by atoms with E-state index < -0.39 is 5.54 Å². The number of amides is 2. The maximum atomic E-state index is 13.8. The van der Waals surface area contributed by atoms with Crippen molar-refractivity contribution in [2.75, 3.05) is 30.4 Å². The zero-order chi connectivity index (χ0) is 34.9.